The third-order valence-electron chi connectivity index (χ3n) is 11.7. The number of carbonyl (C=O) groups is 3. The second-order valence-electron chi connectivity index (χ2n) is 16.1. The molecule has 2 aliphatic heterocycles. The lowest BCUT2D eigenvalue weighted by molar-refractivity contribution is -0.141. The van der Waals surface area contributed by atoms with Crippen molar-refractivity contribution in [3.8, 4) is 0 Å². The predicted molar refractivity (Wildman–Crippen MR) is 209 cm³/mol. The highest BCUT2D eigenvalue weighted by molar-refractivity contribution is 6.10. The fourth-order valence-corrected chi connectivity index (χ4v) is 8.74. The first-order valence-corrected chi connectivity index (χ1v) is 19.5. The number of nitrogens with zero attached hydrogens (tertiary/aromatic N) is 6. The number of piperidine rings is 1. The molecule has 0 bridgehead atoms. The van der Waals surface area contributed by atoms with Gasteiger partial charge in [0.05, 0.1) is 29.0 Å². The van der Waals surface area contributed by atoms with Crippen molar-refractivity contribution in [2.45, 2.75) is 82.5 Å². The molecule has 8 rings (SSSR count). The lowest BCUT2D eigenvalue weighted by Crippen LogP contribution is -2.49. The van der Waals surface area contributed by atoms with Crippen LogP contribution in [0.3, 0.4) is 0 Å². The maximum absolute atomic E-state index is 13.3. The smallest absolute Gasteiger partial charge is 0.386 e. The van der Waals surface area contributed by atoms with Gasteiger partial charge in [0.15, 0.2) is 0 Å². The van der Waals surface area contributed by atoms with Crippen molar-refractivity contribution in [2.24, 2.45) is 5.92 Å². The summed E-state index contributed by atoms with van der Waals surface area (Å²) in [4.78, 5) is 49.6. The molecule has 5 aromatic rings. The van der Waals surface area contributed by atoms with Crippen LogP contribution < -0.4 is 15.5 Å². The number of aliphatic hydroxyl groups is 1. The number of pyridine rings is 2. The number of aromatic nitrogens is 4. The van der Waals surface area contributed by atoms with Crippen LogP contribution in [0.25, 0.3) is 21.7 Å². The van der Waals surface area contributed by atoms with E-state index in [1.165, 1.54) is 11.6 Å². The average molecular weight is 783 g/mol. The molecular weight excluding hydrogens is 738 g/mol. The summed E-state index contributed by atoms with van der Waals surface area (Å²) in [6.07, 6.45) is 7.21. The van der Waals surface area contributed by atoms with E-state index >= 15 is 0 Å². The molecule has 3 N–H and O–H groups in total. The highest BCUT2D eigenvalue weighted by Crippen LogP contribution is 2.39. The summed E-state index contributed by atoms with van der Waals surface area (Å²) in [6.45, 7) is 6.53. The zero-order chi connectivity index (χ0) is 40.1. The minimum absolute atomic E-state index is 0.193. The quantitative estimate of drug-likeness (QED) is 0.147. The molecule has 298 valence electrons. The topological polar surface area (TPSA) is 146 Å². The maximum Gasteiger partial charge on any atom is 0.433 e. The number of carbonyl (C=O) groups excluding carboxylic acids is 3. The number of benzene rings is 2. The molecule has 1 aliphatic carbocycles. The van der Waals surface area contributed by atoms with Crippen LogP contribution in [-0.2, 0) is 16.6 Å². The maximum atomic E-state index is 13.3. The van der Waals surface area contributed by atoms with Crippen molar-refractivity contribution in [1.82, 2.24) is 30.0 Å². The minimum atomic E-state index is -4.69. The fraction of sp³-hybridized carbons (Fsp3) is 0.429. The van der Waals surface area contributed by atoms with E-state index in [4.69, 9.17) is 5.10 Å². The molecule has 2 saturated heterocycles. The summed E-state index contributed by atoms with van der Waals surface area (Å²) in [5.41, 5.74) is 0.369. The van der Waals surface area contributed by atoms with E-state index < -0.39 is 29.4 Å². The molecule has 1 saturated carbocycles. The van der Waals surface area contributed by atoms with Gasteiger partial charge in [0.2, 0.25) is 5.91 Å². The highest BCUT2D eigenvalue weighted by Gasteiger charge is 2.34. The van der Waals surface area contributed by atoms with Crippen LogP contribution in [0.2, 0.25) is 0 Å². The molecule has 0 unspecified atom stereocenters. The number of rotatable bonds is 8. The van der Waals surface area contributed by atoms with Gasteiger partial charge in [0, 0.05) is 59.3 Å². The average Bonchev–Trinajstić information content (AvgIpc) is 3.60. The third kappa shape index (κ3) is 8.08. The number of alkyl halides is 3. The number of imide groups is 1. The van der Waals surface area contributed by atoms with Crippen LogP contribution in [0.1, 0.15) is 98.1 Å². The normalized spacial score (nSPS) is 20.3. The summed E-state index contributed by atoms with van der Waals surface area (Å²) < 4.78 is 41.7. The van der Waals surface area contributed by atoms with Crippen molar-refractivity contribution in [3.63, 3.8) is 0 Å². The van der Waals surface area contributed by atoms with Gasteiger partial charge >= 0.3 is 12.2 Å². The first-order valence-electron chi connectivity index (χ1n) is 19.5. The van der Waals surface area contributed by atoms with Crippen molar-refractivity contribution < 1.29 is 32.7 Å². The van der Waals surface area contributed by atoms with Crippen LogP contribution in [-0.4, -0.2) is 73.8 Å². The van der Waals surface area contributed by atoms with E-state index in [2.05, 4.69) is 31.6 Å². The van der Waals surface area contributed by atoms with E-state index in [0.29, 0.717) is 29.5 Å². The van der Waals surface area contributed by atoms with Crippen LogP contribution in [0.4, 0.5) is 29.3 Å². The minimum Gasteiger partial charge on any atom is -0.386 e. The molecule has 2 aromatic carbocycles. The Morgan fingerprint density at radius 2 is 1.70 bits per heavy atom. The second-order valence-corrected chi connectivity index (χ2v) is 16.1. The van der Waals surface area contributed by atoms with Gasteiger partial charge in [-0.2, -0.15) is 18.3 Å². The zero-order valence-electron chi connectivity index (χ0n) is 31.9. The Labute approximate surface area is 327 Å². The van der Waals surface area contributed by atoms with Gasteiger partial charge in [-0.25, -0.2) is 9.78 Å². The van der Waals surface area contributed by atoms with Gasteiger partial charge in [0.1, 0.15) is 11.4 Å². The Kier molecular flexibility index (Phi) is 10.2. The molecule has 0 spiro atoms. The van der Waals surface area contributed by atoms with Crippen LogP contribution >= 0.6 is 0 Å². The molecule has 3 aromatic heterocycles. The first-order chi connectivity index (χ1) is 27.2. The number of hydrogen-bond donors (Lipinski definition) is 3. The number of halogens is 3. The van der Waals surface area contributed by atoms with Crippen molar-refractivity contribution in [3.05, 3.63) is 89.6 Å². The molecule has 15 heteroatoms. The Morgan fingerprint density at radius 1 is 0.947 bits per heavy atom. The molecule has 3 fully saturated rings. The van der Waals surface area contributed by atoms with Crippen LogP contribution in [0.15, 0.2) is 67.1 Å². The summed E-state index contributed by atoms with van der Waals surface area (Å²) in [5, 5.41) is 23.7. The second kappa shape index (κ2) is 15.2. The molecule has 12 nitrogen and oxygen atoms in total. The summed E-state index contributed by atoms with van der Waals surface area (Å²) in [7, 11) is 0. The first kappa shape index (κ1) is 38.5. The number of amides is 4. The Balaban J connectivity index is 0.888. The van der Waals surface area contributed by atoms with E-state index in [0.717, 1.165) is 92.1 Å². The number of nitrogens with one attached hydrogen (secondary N) is 2. The van der Waals surface area contributed by atoms with E-state index in [1.54, 1.807) is 37.1 Å². The van der Waals surface area contributed by atoms with Gasteiger partial charge < -0.3 is 15.3 Å². The Morgan fingerprint density at radius 3 is 2.42 bits per heavy atom. The van der Waals surface area contributed by atoms with Crippen molar-refractivity contribution in [2.75, 3.05) is 36.4 Å². The van der Waals surface area contributed by atoms with Gasteiger partial charge in [-0.3, -0.25) is 29.5 Å². The SMILES string of the molecule is CC(C)(O)c1cc2nn([C@H]3CC[C@H](CN4CCC(c5cccc6c(N7CCC(=O)NC7=O)cncc56)CC4)CC3)cc2cc1NC(=O)c1cccc(C(F)(F)F)n1. The van der Waals surface area contributed by atoms with Crippen LogP contribution in [0.5, 0.6) is 0 Å². The van der Waals surface area contributed by atoms with Crippen LogP contribution in [0, 0.1) is 5.92 Å². The third-order valence-corrected chi connectivity index (χ3v) is 11.7. The van der Waals surface area contributed by atoms with E-state index in [9.17, 15) is 32.7 Å². The molecule has 0 atom stereocenters. The monoisotopic (exact) mass is 782 g/mol. The highest BCUT2D eigenvalue weighted by atomic mass is 19.4. The molecule has 57 heavy (non-hydrogen) atoms. The molecule has 4 amide bonds. The zero-order valence-corrected chi connectivity index (χ0v) is 31.9. The van der Waals surface area contributed by atoms with Crippen molar-refractivity contribution in [1.29, 1.82) is 0 Å². The van der Waals surface area contributed by atoms with Crippen molar-refractivity contribution >= 4 is 50.9 Å². The number of likely N-dealkylation sites (tertiary alicyclic amines) is 1. The number of fused-ring (bicyclic) bond motifs is 2. The largest absolute Gasteiger partial charge is 0.433 e. The molecule has 5 heterocycles. The summed E-state index contributed by atoms with van der Waals surface area (Å²) >= 11 is 0. The van der Waals surface area contributed by atoms with Gasteiger partial charge in [-0.1, -0.05) is 24.3 Å². The molecule has 3 aliphatic rings. The van der Waals surface area contributed by atoms with E-state index in [1.807, 2.05) is 29.2 Å². The fourth-order valence-electron chi connectivity index (χ4n) is 8.74. The van der Waals surface area contributed by atoms with Gasteiger partial charge in [-0.15, -0.1) is 0 Å². The van der Waals surface area contributed by atoms with Gasteiger partial charge in [-0.05, 0) is 107 Å². The molecular formula is C42H45F3N8O4. The number of hydrogen-bond acceptors (Lipinski definition) is 8. The standard InChI is InChI=1S/C42H45F3N8O4/c1-41(2,57)32-20-34-27(19-35(32)48-39(55)33-7-4-8-37(47-33)42(43,44)45)24-53(50-34)28-11-9-25(10-12-28)23-51-16-13-26(14-17-51)29-5-3-6-30-31(29)21-46-22-36(30)52-18-15-38(54)49-40(52)56/h3-8,19-22,24-26,28,57H,9-18,23H2,1-2H3,(H,48,55)(H,49,54,56)/t25-,28-. The van der Waals surface area contributed by atoms with Gasteiger partial charge in [0.25, 0.3) is 5.91 Å². The summed E-state index contributed by atoms with van der Waals surface area (Å²) in [5.74, 6) is -0.124. The predicted octanol–water partition coefficient (Wildman–Crippen LogP) is 7.54. The van der Waals surface area contributed by atoms with E-state index in [-0.39, 0.29) is 29.8 Å². The molecule has 0 radical (unpaired) electrons. The number of urea groups is 1. The lowest BCUT2D eigenvalue weighted by atomic mass is 9.84. The summed E-state index contributed by atoms with van der Waals surface area (Å²) in [6, 6.07) is 12.6. The Bertz CT molecular complexity index is 2340. The number of anilines is 2. The lowest BCUT2D eigenvalue weighted by Gasteiger charge is -2.37. The Hall–Kier alpha value is -5.41.